The summed E-state index contributed by atoms with van der Waals surface area (Å²) in [5, 5.41) is 0.405. The van der Waals surface area contributed by atoms with Gasteiger partial charge in [0.05, 0.1) is 17.2 Å². The number of H-pyrrole nitrogens is 1. The van der Waals surface area contributed by atoms with Crippen molar-refractivity contribution >= 4 is 22.6 Å². The molecule has 0 aromatic carbocycles. The zero-order chi connectivity index (χ0) is 12.5. The second kappa shape index (κ2) is 4.74. The highest BCUT2D eigenvalue weighted by molar-refractivity contribution is 6.29. The molecule has 0 bridgehead atoms. The van der Waals surface area contributed by atoms with E-state index in [1.165, 1.54) is 0 Å². The largest absolute Gasteiger partial charge is 0.381 e. The van der Waals surface area contributed by atoms with E-state index in [4.69, 9.17) is 16.3 Å². The minimum absolute atomic E-state index is 0.0967. The lowest BCUT2D eigenvalue weighted by Crippen LogP contribution is -2.25. The number of pyridine rings is 1. The molecule has 3 rings (SSSR count). The average Bonchev–Trinajstić information content (AvgIpc) is 2.67. The molecule has 2 aromatic rings. The Morgan fingerprint density at radius 3 is 3.06 bits per heavy atom. The Bertz CT molecular complexity index is 613. The van der Waals surface area contributed by atoms with E-state index >= 15 is 0 Å². The zero-order valence-corrected chi connectivity index (χ0v) is 10.6. The molecule has 0 radical (unpaired) electrons. The van der Waals surface area contributed by atoms with Crippen LogP contribution in [0.15, 0.2) is 17.1 Å². The number of ether oxygens (including phenoxy) is 1. The van der Waals surface area contributed by atoms with Crippen molar-refractivity contribution in [1.82, 2.24) is 14.5 Å². The maximum Gasteiger partial charge on any atom is 0.326 e. The van der Waals surface area contributed by atoms with Gasteiger partial charge in [-0.05, 0) is 18.8 Å². The van der Waals surface area contributed by atoms with Crippen LogP contribution in [0.25, 0.3) is 11.0 Å². The van der Waals surface area contributed by atoms with Gasteiger partial charge in [-0.25, -0.2) is 9.78 Å². The lowest BCUT2D eigenvalue weighted by molar-refractivity contribution is 0.0613. The first-order chi connectivity index (χ1) is 8.74. The molecule has 1 aliphatic heterocycles. The van der Waals surface area contributed by atoms with Crippen LogP contribution in [-0.2, 0) is 11.3 Å². The van der Waals surface area contributed by atoms with Crippen LogP contribution in [0.5, 0.6) is 0 Å². The maximum absolute atomic E-state index is 11.9. The standard InChI is InChI=1S/C12H14ClN3O2/c13-11-5-10-9(6-14-11)15-12(17)16(10)7-8-1-3-18-4-2-8/h5-6,8H,1-4,7H2,(H,15,17). The number of halogens is 1. The van der Waals surface area contributed by atoms with Crippen molar-refractivity contribution in [3.05, 3.63) is 27.9 Å². The van der Waals surface area contributed by atoms with Gasteiger partial charge in [-0.15, -0.1) is 0 Å². The fourth-order valence-corrected chi connectivity index (χ4v) is 2.55. The summed E-state index contributed by atoms with van der Waals surface area (Å²) >= 11 is 5.88. The van der Waals surface area contributed by atoms with Gasteiger partial charge in [0.25, 0.3) is 0 Å². The van der Waals surface area contributed by atoms with E-state index in [1.807, 2.05) is 0 Å². The van der Waals surface area contributed by atoms with Gasteiger partial charge in [0.2, 0.25) is 0 Å². The molecular weight excluding hydrogens is 254 g/mol. The molecule has 1 saturated heterocycles. The number of hydrogen-bond acceptors (Lipinski definition) is 3. The van der Waals surface area contributed by atoms with Crippen LogP contribution in [0, 0.1) is 5.92 Å². The second-order valence-corrected chi connectivity index (χ2v) is 5.01. The van der Waals surface area contributed by atoms with Gasteiger partial charge in [0.15, 0.2) is 0 Å². The molecule has 0 unspecified atom stereocenters. The van der Waals surface area contributed by atoms with Gasteiger partial charge < -0.3 is 9.72 Å². The third-order valence-corrected chi connectivity index (χ3v) is 3.61. The molecule has 0 amide bonds. The summed E-state index contributed by atoms with van der Waals surface area (Å²) in [6, 6.07) is 1.73. The molecule has 1 fully saturated rings. The molecule has 2 aromatic heterocycles. The summed E-state index contributed by atoms with van der Waals surface area (Å²) in [5.74, 6) is 0.488. The van der Waals surface area contributed by atoms with E-state index < -0.39 is 0 Å². The molecule has 1 N–H and O–H groups in total. The van der Waals surface area contributed by atoms with Crippen molar-refractivity contribution in [3.63, 3.8) is 0 Å². The van der Waals surface area contributed by atoms with E-state index in [9.17, 15) is 4.79 Å². The van der Waals surface area contributed by atoms with Gasteiger partial charge in [-0.3, -0.25) is 4.57 Å². The Morgan fingerprint density at radius 1 is 1.50 bits per heavy atom. The number of nitrogens with one attached hydrogen (secondary N) is 1. The monoisotopic (exact) mass is 267 g/mol. The topological polar surface area (TPSA) is 59.9 Å². The number of aromatic amines is 1. The summed E-state index contributed by atoms with van der Waals surface area (Å²) in [7, 11) is 0. The first kappa shape index (κ1) is 11.7. The lowest BCUT2D eigenvalue weighted by atomic mass is 10.0. The zero-order valence-electron chi connectivity index (χ0n) is 9.86. The van der Waals surface area contributed by atoms with Crippen molar-refractivity contribution in [2.24, 2.45) is 5.92 Å². The second-order valence-electron chi connectivity index (χ2n) is 4.62. The maximum atomic E-state index is 11.9. The third-order valence-electron chi connectivity index (χ3n) is 3.41. The predicted octanol–water partition coefficient (Wildman–Crippen LogP) is 1.80. The van der Waals surface area contributed by atoms with Crippen LogP contribution >= 0.6 is 11.6 Å². The van der Waals surface area contributed by atoms with Gasteiger partial charge in [-0.2, -0.15) is 0 Å². The first-order valence-electron chi connectivity index (χ1n) is 6.06. The summed E-state index contributed by atoms with van der Waals surface area (Å²) in [4.78, 5) is 18.7. The quantitative estimate of drug-likeness (QED) is 0.844. The number of rotatable bonds is 2. The van der Waals surface area contributed by atoms with E-state index in [0.29, 0.717) is 17.6 Å². The van der Waals surface area contributed by atoms with Crippen LogP contribution < -0.4 is 5.69 Å². The van der Waals surface area contributed by atoms with Crippen molar-refractivity contribution in [2.75, 3.05) is 13.2 Å². The smallest absolute Gasteiger partial charge is 0.326 e. The van der Waals surface area contributed by atoms with Crippen LogP contribution in [0.1, 0.15) is 12.8 Å². The molecule has 0 atom stereocenters. The molecule has 6 heteroatoms. The third kappa shape index (κ3) is 2.15. The Kier molecular flexibility index (Phi) is 3.09. The Morgan fingerprint density at radius 2 is 2.28 bits per heavy atom. The van der Waals surface area contributed by atoms with E-state index in [-0.39, 0.29) is 5.69 Å². The van der Waals surface area contributed by atoms with Crippen molar-refractivity contribution in [3.8, 4) is 0 Å². The van der Waals surface area contributed by atoms with E-state index in [2.05, 4.69) is 9.97 Å². The lowest BCUT2D eigenvalue weighted by Gasteiger charge is -2.22. The highest BCUT2D eigenvalue weighted by Crippen LogP contribution is 2.19. The molecule has 1 aliphatic rings. The number of nitrogens with zero attached hydrogens (tertiary/aromatic N) is 2. The molecule has 3 heterocycles. The van der Waals surface area contributed by atoms with Crippen LogP contribution in [-0.4, -0.2) is 27.7 Å². The van der Waals surface area contributed by atoms with Gasteiger partial charge in [0, 0.05) is 25.8 Å². The normalized spacial score (nSPS) is 17.4. The Hall–Kier alpha value is -1.33. The molecular formula is C12H14ClN3O2. The summed E-state index contributed by atoms with van der Waals surface area (Å²) < 4.78 is 7.08. The van der Waals surface area contributed by atoms with Crippen LogP contribution in [0.3, 0.4) is 0 Å². The average molecular weight is 268 g/mol. The van der Waals surface area contributed by atoms with Crippen molar-refractivity contribution in [1.29, 1.82) is 0 Å². The fraction of sp³-hybridized carbons (Fsp3) is 0.500. The highest BCUT2D eigenvalue weighted by atomic mass is 35.5. The first-order valence-corrected chi connectivity index (χ1v) is 6.43. The Labute approximate surface area is 109 Å². The van der Waals surface area contributed by atoms with E-state index in [0.717, 1.165) is 37.1 Å². The number of fused-ring (bicyclic) bond motifs is 1. The summed E-state index contributed by atoms with van der Waals surface area (Å²) in [6.45, 7) is 2.27. The fourth-order valence-electron chi connectivity index (χ4n) is 2.40. The highest BCUT2D eigenvalue weighted by Gasteiger charge is 2.17. The van der Waals surface area contributed by atoms with Gasteiger partial charge in [0.1, 0.15) is 5.15 Å². The molecule has 0 saturated carbocycles. The van der Waals surface area contributed by atoms with Crippen LogP contribution in [0.2, 0.25) is 5.15 Å². The molecule has 96 valence electrons. The van der Waals surface area contributed by atoms with Crippen LogP contribution in [0.4, 0.5) is 0 Å². The number of aromatic nitrogens is 3. The van der Waals surface area contributed by atoms with Gasteiger partial charge in [-0.1, -0.05) is 11.6 Å². The Balaban J connectivity index is 1.97. The predicted molar refractivity (Wildman–Crippen MR) is 68.9 cm³/mol. The van der Waals surface area contributed by atoms with Crippen molar-refractivity contribution < 1.29 is 4.74 Å². The SMILES string of the molecule is O=c1[nH]c2cnc(Cl)cc2n1CC1CCOCC1. The number of hydrogen-bond donors (Lipinski definition) is 1. The molecule has 0 spiro atoms. The number of imidazole rings is 1. The summed E-state index contributed by atoms with van der Waals surface area (Å²) in [5.41, 5.74) is 1.46. The van der Waals surface area contributed by atoms with Crippen molar-refractivity contribution in [2.45, 2.75) is 19.4 Å². The van der Waals surface area contributed by atoms with E-state index in [1.54, 1.807) is 16.8 Å². The minimum atomic E-state index is -0.0967. The summed E-state index contributed by atoms with van der Waals surface area (Å²) in [6.07, 6.45) is 3.59. The van der Waals surface area contributed by atoms with Gasteiger partial charge >= 0.3 is 5.69 Å². The molecule has 18 heavy (non-hydrogen) atoms. The molecule has 5 nitrogen and oxygen atoms in total. The molecule has 0 aliphatic carbocycles. The minimum Gasteiger partial charge on any atom is -0.381 e.